The van der Waals surface area contributed by atoms with Crippen molar-refractivity contribution in [2.24, 2.45) is 5.73 Å². The van der Waals surface area contributed by atoms with E-state index in [-0.39, 0.29) is 32.1 Å². The van der Waals surface area contributed by atoms with Crippen LogP contribution < -0.4 is 16.4 Å². The minimum absolute atomic E-state index is 0.115. The lowest BCUT2D eigenvalue weighted by atomic mass is 10.4. The zero-order chi connectivity index (χ0) is 15.0. The van der Waals surface area contributed by atoms with Crippen molar-refractivity contribution in [1.29, 1.82) is 0 Å². The molecule has 0 saturated carbocycles. The van der Waals surface area contributed by atoms with Gasteiger partial charge in [0.05, 0.1) is 25.9 Å². The Bertz CT molecular complexity index is 486. The maximum absolute atomic E-state index is 11.4. The van der Waals surface area contributed by atoms with Crippen LogP contribution >= 0.6 is 0 Å². The monoisotopic (exact) mass is 284 g/mol. The highest BCUT2D eigenvalue weighted by Gasteiger charge is 2.10. The van der Waals surface area contributed by atoms with Crippen molar-refractivity contribution >= 4 is 17.9 Å². The summed E-state index contributed by atoms with van der Waals surface area (Å²) in [4.78, 5) is 33.4. The van der Waals surface area contributed by atoms with Crippen molar-refractivity contribution in [1.82, 2.24) is 25.6 Å². The zero-order valence-electron chi connectivity index (χ0n) is 11.0. The summed E-state index contributed by atoms with van der Waals surface area (Å²) in [6, 6.07) is 0. The van der Waals surface area contributed by atoms with Gasteiger partial charge in [0.2, 0.25) is 5.91 Å². The number of hydrogen-bond acceptors (Lipinski definition) is 7. The number of ether oxygens (including phenoxy) is 1. The van der Waals surface area contributed by atoms with Gasteiger partial charge >= 0.3 is 6.09 Å². The Balaban J connectivity index is 2.41. The number of alkyl carbamates (subject to hydrolysis) is 1. The van der Waals surface area contributed by atoms with Gasteiger partial charge in [0.15, 0.2) is 0 Å². The van der Waals surface area contributed by atoms with Crippen molar-refractivity contribution in [2.75, 3.05) is 13.2 Å². The molecular formula is C10H16N6O4. The number of carbonyl (C=O) groups excluding carboxylic acids is 3. The Labute approximate surface area is 114 Å². The third-order valence-corrected chi connectivity index (χ3v) is 2.06. The maximum Gasteiger partial charge on any atom is 0.413 e. The molecule has 0 fully saturated rings. The first-order valence-corrected chi connectivity index (χ1v) is 5.87. The van der Waals surface area contributed by atoms with E-state index in [2.05, 4.69) is 20.4 Å². The summed E-state index contributed by atoms with van der Waals surface area (Å²) in [5.74, 6) is -0.898. The summed E-state index contributed by atoms with van der Waals surface area (Å²) in [6.07, 6.45) is 0.662. The molecule has 0 saturated heterocycles. The highest BCUT2D eigenvalue weighted by atomic mass is 16.5. The van der Waals surface area contributed by atoms with Gasteiger partial charge in [-0.2, -0.15) is 0 Å². The molecule has 0 aliphatic heterocycles. The van der Waals surface area contributed by atoms with Crippen LogP contribution in [0, 0.1) is 0 Å². The van der Waals surface area contributed by atoms with Crippen LogP contribution in [0.25, 0.3) is 0 Å². The molecule has 4 N–H and O–H groups in total. The lowest BCUT2D eigenvalue weighted by Crippen LogP contribution is -2.33. The van der Waals surface area contributed by atoms with Gasteiger partial charge in [0, 0.05) is 0 Å². The molecule has 1 rings (SSSR count). The van der Waals surface area contributed by atoms with Crippen molar-refractivity contribution < 1.29 is 19.1 Å². The molecule has 20 heavy (non-hydrogen) atoms. The minimum Gasteiger partial charge on any atom is -0.450 e. The molecule has 0 spiro atoms. The fourth-order valence-electron chi connectivity index (χ4n) is 1.23. The minimum atomic E-state index is -0.812. The first-order chi connectivity index (χ1) is 9.55. The number of nitrogens with two attached hydrogens (primary N) is 1. The van der Waals surface area contributed by atoms with Crippen molar-refractivity contribution in [3.8, 4) is 0 Å². The molecule has 0 unspecified atom stereocenters. The second-order valence-corrected chi connectivity index (χ2v) is 3.66. The number of aromatic nitrogens is 3. The molecule has 3 amide bonds. The molecule has 0 radical (unpaired) electrons. The number of hydrogen-bond donors (Lipinski definition) is 3. The van der Waals surface area contributed by atoms with Gasteiger partial charge in [-0.15, -0.1) is 5.10 Å². The van der Waals surface area contributed by atoms with Crippen LogP contribution in [-0.4, -0.2) is 46.1 Å². The average molecular weight is 284 g/mol. The Morgan fingerprint density at radius 3 is 2.80 bits per heavy atom. The number of nitrogens with one attached hydrogen (secondary N) is 2. The van der Waals surface area contributed by atoms with Crippen LogP contribution in [0.1, 0.15) is 12.6 Å². The van der Waals surface area contributed by atoms with E-state index < -0.39 is 12.0 Å². The molecular weight excluding hydrogens is 268 g/mol. The van der Waals surface area contributed by atoms with Crippen molar-refractivity contribution in [3.63, 3.8) is 0 Å². The Hall–Kier alpha value is -2.49. The van der Waals surface area contributed by atoms with E-state index in [9.17, 15) is 14.4 Å². The summed E-state index contributed by atoms with van der Waals surface area (Å²) >= 11 is 0. The van der Waals surface area contributed by atoms with Crippen LogP contribution in [-0.2, 0) is 27.4 Å². The molecule has 0 aliphatic rings. The van der Waals surface area contributed by atoms with E-state index in [4.69, 9.17) is 5.73 Å². The highest BCUT2D eigenvalue weighted by molar-refractivity contribution is 5.91. The first-order valence-electron chi connectivity index (χ1n) is 5.87. The molecule has 110 valence electrons. The smallest absolute Gasteiger partial charge is 0.413 e. The molecule has 0 aliphatic carbocycles. The number of carbonyl (C=O) groups is 3. The summed E-state index contributed by atoms with van der Waals surface area (Å²) in [5.41, 5.74) is 5.60. The van der Waals surface area contributed by atoms with Crippen molar-refractivity contribution in [3.05, 3.63) is 11.9 Å². The summed E-state index contributed by atoms with van der Waals surface area (Å²) < 4.78 is 5.79. The molecule has 1 heterocycles. The third-order valence-electron chi connectivity index (χ3n) is 2.06. The molecule has 10 nitrogen and oxygen atoms in total. The van der Waals surface area contributed by atoms with Gasteiger partial charge in [-0.05, 0) is 6.92 Å². The molecule has 10 heteroatoms. The molecule has 0 atom stereocenters. The predicted octanol–water partition coefficient (Wildman–Crippen LogP) is -1.87. The summed E-state index contributed by atoms with van der Waals surface area (Å²) in [5, 5.41) is 12.0. The number of imide groups is 1. The van der Waals surface area contributed by atoms with E-state index in [1.54, 1.807) is 6.92 Å². The van der Waals surface area contributed by atoms with E-state index >= 15 is 0 Å². The van der Waals surface area contributed by atoms with E-state index in [1.165, 1.54) is 10.9 Å². The topological polar surface area (TPSA) is 141 Å². The molecule has 1 aromatic heterocycles. The Morgan fingerprint density at radius 1 is 1.40 bits per heavy atom. The van der Waals surface area contributed by atoms with E-state index in [0.29, 0.717) is 5.69 Å². The van der Waals surface area contributed by atoms with Crippen molar-refractivity contribution in [2.45, 2.75) is 20.0 Å². The summed E-state index contributed by atoms with van der Waals surface area (Å²) in [7, 11) is 0. The second-order valence-electron chi connectivity index (χ2n) is 3.66. The van der Waals surface area contributed by atoms with Crippen LogP contribution in [0.15, 0.2) is 6.20 Å². The van der Waals surface area contributed by atoms with Crippen LogP contribution in [0.2, 0.25) is 0 Å². The van der Waals surface area contributed by atoms with Gasteiger partial charge < -0.3 is 15.8 Å². The fourth-order valence-corrected chi connectivity index (χ4v) is 1.23. The van der Waals surface area contributed by atoms with Gasteiger partial charge in [-0.25, -0.2) is 9.48 Å². The highest BCUT2D eigenvalue weighted by Crippen LogP contribution is 1.92. The van der Waals surface area contributed by atoms with Crippen LogP contribution in [0.4, 0.5) is 4.79 Å². The Kier molecular flexibility index (Phi) is 6.10. The lowest BCUT2D eigenvalue weighted by Gasteiger charge is -2.03. The quantitative estimate of drug-likeness (QED) is 0.555. The van der Waals surface area contributed by atoms with Gasteiger partial charge in [0.1, 0.15) is 12.2 Å². The van der Waals surface area contributed by atoms with Gasteiger partial charge in [0.25, 0.3) is 5.91 Å². The largest absolute Gasteiger partial charge is 0.450 e. The van der Waals surface area contributed by atoms with E-state index in [1.807, 2.05) is 5.32 Å². The van der Waals surface area contributed by atoms with Crippen LogP contribution in [0.3, 0.4) is 0 Å². The maximum atomic E-state index is 11.4. The number of nitrogens with zero attached hydrogens (tertiary/aromatic N) is 3. The molecule has 0 aromatic carbocycles. The lowest BCUT2D eigenvalue weighted by molar-refractivity contribution is -0.121. The second kappa shape index (κ2) is 7.84. The summed E-state index contributed by atoms with van der Waals surface area (Å²) in [6.45, 7) is 1.67. The van der Waals surface area contributed by atoms with Crippen LogP contribution in [0.5, 0.6) is 0 Å². The normalized spacial score (nSPS) is 9.90. The standard InChI is InChI=1S/C10H16N6O4/c1-2-20-10(19)13-9(18)6-16-5-7(14-15-16)4-12-8(17)3-11/h5H,2-4,6,11H2,1H3,(H,12,17)(H,13,18,19). The number of rotatable bonds is 6. The zero-order valence-corrected chi connectivity index (χ0v) is 11.0. The molecule has 1 aromatic rings. The Morgan fingerprint density at radius 2 is 2.15 bits per heavy atom. The average Bonchev–Trinajstić information content (AvgIpc) is 2.83. The predicted molar refractivity (Wildman–Crippen MR) is 66.1 cm³/mol. The number of amides is 3. The fraction of sp³-hybridized carbons (Fsp3) is 0.500. The SMILES string of the molecule is CCOC(=O)NC(=O)Cn1cc(CNC(=O)CN)nn1. The molecule has 0 bridgehead atoms. The van der Waals surface area contributed by atoms with E-state index in [0.717, 1.165) is 0 Å². The van der Waals surface area contributed by atoms with Gasteiger partial charge in [-0.1, -0.05) is 5.21 Å². The van der Waals surface area contributed by atoms with Gasteiger partial charge in [-0.3, -0.25) is 14.9 Å². The third kappa shape index (κ3) is 5.44. The first kappa shape index (κ1) is 15.6.